The third-order valence-electron chi connectivity index (χ3n) is 4.12. The van der Waals surface area contributed by atoms with Gasteiger partial charge in [0.25, 0.3) is 0 Å². The largest absolute Gasteiger partial charge is 0.454 e. The van der Waals surface area contributed by atoms with Crippen LogP contribution in [0.5, 0.6) is 11.5 Å². The maximum absolute atomic E-state index is 12.5. The molecule has 114 valence electrons. The molecule has 0 radical (unpaired) electrons. The summed E-state index contributed by atoms with van der Waals surface area (Å²) in [6, 6.07) is 9.44. The third kappa shape index (κ3) is 2.26. The summed E-state index contributed by atoms with van der Waals surface area (Å²) in [5.74, 6) is 1.38. The van der Waals surface area contributed by atoms with E-state index >= 15 is 0 Å². The number of ether oxygens (including phenoxy) is 2. The van der Waals surface area contributed by atoms with Gasteiger partial charge in [-0.1, -0.05) is 0 Å². The molecule has 2 aromatic rings. The number of aromatic nitrogens is 1. The summed E-state index contributed by atoms with van der Waals surface area (Å²) in [7, 11) is 0. The Balaban J connectivity index is 1.49. The number of aromatic amines is 1. The predicted octanol–water partition coefficient (Wildman–Crippen LogP) is 3.11. The lowest BCUT2D eigenvalue weighted by Gasteiger charge is -2.24. The summed E-state index contributed by atoms with van der Waals surface area (Å²) in [4.78, 5) is 17.6. The molecule has 3 heterocycles. The first-order chi connectivity index (χ1) is 10.8. The average Bonchev–Trinajstić information content (AvgIpc) is 3.26. The second-order valence-corrected chi connectivity index (χ2v) is 5.48. The first kappa shape index (κ1) is 13.1. The second kappa shape index (κ2) is 5.29. The molecule has 22 heavy (non-hydrogen) atoms. The zero-order chi connectivity index (χ0) is 14.9. The number of amides is 2. The smallest absolute Gasteiger partial charge is 0.322 e. The molecule has 2 aliphatic rings. The lowest BCUT2D eigenvalue weighted by atomic mass is 10.1. The molecule has 1 saturated heterocycles. The number of anilines is 1. The molecule has 2 N–H and O–H groups in total. The number of nitrogens with zero attached hydrogens (tertiary/aromatic N) is 1. The van der Waals surface area contributed by atoms with Crippen molar-refractivity contribution in [1.29, 1.82) is 0 Å². The number of urea groups is 1. The van der Waals surface area contributed by atoms with Gasteiger partial charge in [0.2, 0.25) is 6.79 Å². The Bertz CT molecular complexity index is 684. The van der Waals surface area contributed by atoms with Gasteiger partial charge in [-0.15, -0.1) is 0 Å². The van der Waals surface area contributed by atoms with Crippen molar-refractivity contribution in [2.45, 2.75) is 18.9 Å². The van der Waals surface area contributed by atoms with E-state index in [1.807, 2.05) is 35.4 Å². The minimum absolute atomic E-state index is 0.0871. The minimum atomic E-state index is -0.0871. The van der Waals surface area contributed by atoms with Gasteiger partial charge in [-0.05, 0) is 37.1 Å². The number of hydrogen-bond acceptors (Lipinski definition) is 3. The number of benzene rings is 1. The van der Waals surface area contributed by atoms with E-state index in [2.05, 4.69) is 10.3 Å². The highest BCUT2D eigenvalue weighted by atomic mass is 16.7. The minimum Gasteiger partial charge on any atom is -0.454 e. The Hall–Kier alpha value is -2.63. The van der Waals surface area contributed by atoms with Gasteiger partial charge >= 0.3 is 6.03 Å². The van der Waals surface area contributed by atoms with E-state index in [9.17, 15) is 4.79 Å². The van der Waals surface area contributed by atoms with Gasteiger partial charge in [-0.2, -0.15) is 0 Å². The number of carbonyl (C=O) groups is 1. The molecular weight excluding hydrogens is 282 g/mol. The molecule has 0 spiro atoms. The lowest BCUT2D eigenvalue weighted by Crippen LogP contribution is -2.34. The van der Waals surface area contributed by atoms with Crippen LogP contribution in [-0.4, -0.2) is 29.3 Å². The predicted molar refractivity (Wildman–Crippen MR) is 81.1 cm³/mol. The van der Waals surface area contributed by atoms with Crippen LogP contribution in [0.1, 0.15) is 24.6 Å². The van der Waals surface area contributed by atoms with Gasteiger partial charge < -0.3 is 24.7 Å². The number of nitrogens with one attached hydrogen (secondary N) is 2. The molecule has 6 heteroatoms. The highest BCUT2D eigenvalue weighted by Crippen LogP contribution is 2.35. The molecule has 1 aromatic heterocycles. The molecule has 6 nitrogen and oxygen atoms in total. The van der Waals surface area contributed by atoms with Crippen LogP contribution >= 0.6 is 0 Å². The van der Waals surface area contributed by atoms with Gasteiger partial charge in [0.1, 0.15) is 0 Å². The topological polar surface area (TPSA) is 66.6 Å². The van der Waals surface area contributed by atoms with Crippen molar-refractivity contribution in [3.05, 3.63) is 42.2 Å². The molecule has 2 amide bonds. The van der Waals surface area contributed by atoms with Crippen molar-refractivity contribution in [1.82, 2.24) is 9.88 Å². The molecule has 0 bridgehead atoms. The fourth-order valence-electron chi connectivity index (χ4n) is 3.05. The van der Waals surface area contributed by atoms with Crippen LogP contribution in [-0.2, 0) is 0 Å². The van der Waals surface area contributed by atoms with Crippen LogP contribution in [0.2, 0.25) is 0 Å². The maximum Gasteiger partial charge on any atom is 0.322 e. The summed E-state index contributed by atoms with van der Waals surface area (Å²) in [6.45, 7) is 0.994. The molecule has 2 aliphatic heterocycles. The maximum atomic E-state index is 12.5. The SMILES string of the molecule is O=C(Nc1ccc2c(c1)OCO2)N1CCC[C@H]1c1ccc[nH]1. The van der Waals surface area contributed by atoms with E-state index in [1.54, 1.807) is 6.07 Å². The molecular formula is C16H17N3O3. The van der Waals surface area contributed by atoms with Gasteiger partial charge in [-0.3, -0.25) is 0 Å². The fraction of sp³-hybridized carbons (Fsp3) is 0.312. The van der Waals surface area contributed by atoms with Crippen LogP contribution in [0.25, 0.3) is 0 Å². The van der Waals surface area contributed by atoms with Crippen molar-refractivity contribution in [2.24, 2.45) is 0 Å². The number of likely N-dealkylation sites (tertiary alicyclic amines) is 1. The Morgan fingerprint density at radius 3 is 3.05 bits per heavy atom. The van der Waals surface area contributed by atoms with Crippen LogP contribution in [0, 0.1) is 0 Å². The van der Waals surface area contributed by atoms with Crippen molar-refractivity contribution in [2.75, 3.05) is 18.7 Å². The molecule has 1 fully saturated rings. The van der Waals surface area contributed by atoms with E-state index in [4.69, 9.17) is 9.47 Å². The standard InChI is InChI=1S/C16H17N3O3/c20-16(18-11-5-6-14-15(9-11)22-10-21-14)19-8-2-4-13(19)12-3-1-7-17-12/h1,3,5-7,9,13,17H,2,4,8,10H2,(H,18,20)/t13-/m0/s1. The van der Waals surface area contributed by atoms with E-state index in [0.29, 0.717) is 17.2 Å². The number of rotatable bonds is 2. The molecule has 0 unspecified atom stereocenters. The van der Waals surface area contributed by atoms with E-state index in [0.717, 1.165) is 25.1 Å². The highest BCUT2D eigenvalue weighted by molar-refractivity contribution is 5.90. The molecule has 1 atom stereocenters. The average molecular weight is 299 g/mol. The molecule has 0 saturated carbocycles. The van der Waals surface area contributed by atoms with Crippen LogP contribution in [0.3, 0.4) is 0 Å². The monoisotopic (exact) mass is 299 g/mol. The van der Waals surface area contributed by atoms with Crippen LogP contribution < -0.4 is 14.8 Å². The van der Waals surface area contributed by atoms with E-state index < -0.39 is 0 Å². The van der Waals surface area contributed by atoms with E-state index in [-0.39, 0.29) is 18.9 Å². The molecule has 0 aliphatic carbocycles. The van der Waals surface area contributed by atoms with Crippen LogP contribution in [0.4, 0.5) is 10.5 Å². The summed E-state index contributed by atoms with van der Waals surface area (Å²) < 4.78 is 10.6. The number of H-pyrrole nitrogens is 1. The summed E-state index contributed by atoms with van der Waals surface area (Å²) in [5, 5.41) is 2.94. The lowest BCUT2D eigenvalue weighted by molar-refractivity contribution is 0.174. The first-order valence-electron chi connectivity index (χ1n) is 7.42. The quantitative estimate of drug-likeness (QED) is 0.895. The Labute approximate surface area is 128 Å². The van der Waals surface area contributed by atoms with Crippen LogP contribution in [0.15, 0.2) is 36.5 Å². The normalized spacial score (nSPS) is 19.5. The van der Waals surface area contributed by atoms with Gasteiger partial charge in [0, 0.05) is 30.2 Å². The van der Waals surface area contributed by atoms with Crippen molar-refractivity contribution >= 4 is 11.7 Å². The molecule has 4 rings (SSSR count). The summed E-state index contributed by atoms with van der Waals surface area (Å²) in [5.41, 5.74) is 1.80. The Kier molecular flexibility index (Phi) is 3.14. The number of hydrogen-bond donors (Lipinski definition) is 2. The summed E-state index contributed by atoms with van der Waals surface area (Å²) in [6.07, 6.45) is 3.88. The van der Waals surface area contributed by atoms with Crippen molar-refractivity contribution < 1.29 is 14.3 Å². The summed E-state index contributed by atoms with van der Waals surface area (Å²) >= 11 is 0. The first-order valence-corrected chi connectivity index (χ1v) is 7.42. The van der Waals surface area contributed by atoms with Gasteiger partial charge in [0.05, 0.1) is 6.04 Å². The Morgan fingerprint density at radius 2 is 2.18 bits per heavy atom. The third-order valence-corrected chi connectivity index (χ3v) is 4.12. The van der Waals surface area contributed by atoms with Gasteiger partial charge in [0.15, 0.2) is 11.5 Å². The van der Waals surface area contributed by atoms with Gasteiger partial charge in [-0.25, -0.2) is 4.79 Å². The van der Waals surface area contributed by atoms with E-state index in [1.165, 1.54) is 0 Å². The molecule has 1 aromatic carbocycles. The number of carbonyl (C=O) groups excluding carboxylic acids is 1. The zero-order valence-electron chi connectivity index (χ0n) is 12.0. The zero-order valence-corrected chi connectivity index (χ0v) is 12.0. The van der Waals surface area contributed by atoms with Crippen molar-refractivity contribution in [3.8, 4) is 11.5 Å². The van der Waals surface area contributed by atoms with Crippen molar-refractivity contribution in [3.63, 3.8) is 0 Å². The fourth-order valence-corrected chi connectivity index (χ4v) is 3.05. The second-order valence-electron chi connectivity index (χ2n) is 5.48. The highest BCUT2D eigenvalue weighted by Gasteiger charge is 2.30. The number of fused-ring (bicyclic) bond motifs is 1. The Morgan fingerprint density at radius 1 is 1.27 bits per heavy atom.